The number of primary amides is 1. The highest BCUT2D eigenvalue weighted by Gasteiger charge is 2.20. The summed E-state index contributed by atoms with van der Waals surface area (Å²) in [6.45, 7) is 7.93. The van der Waals surface area contributed by atoms with Crippen LogP contribution in [0.25, 0.3) is 0 Å². The minimum absolute atomic E-state index is 0.239. The van der Waals surface area contributed by atoms with Crippen LogP contribution in [0.5, 0.6) is 0 Å². The van der Waals surface area contributed by atoms with Crippen molar-refractivity contribution in [2.45, 2.75) is 46.6 Å². The summed E-state index contributed by atoms with van der Waals surface area (Å²) in [5, 5.41) is 2.74. The van der Waals surface area contributed by atoms with Gasteiger partial charge in [-0.25, -0.2) is 0 Å². The lowest BCUT2D eigenvalue weighted by atomic mass is 10.0. The Morgan fingerprint density at radius 1 is 1.14 bits per heavy atom. The van der Waals surface area contributed by atoms with Gasteiger partial charge in [-0.2, -0.15) is 0 Å². The van der Waals surface area contributed by atoms with E-state index in [1.54, 1.807) is 24.5 Å². The third kappa shape index (κ3) is 5.74. The molecule has 3 N–H and O–H groups in total. The Bertz CT molecular complexity index is 860. The van der Waals surface area contributed by atoms with Gasteiger partial charge in [0.25, 0.3) is 5.91 Å². The molecule has 0 aliphatic rings. The van der Waals surface area contributed by atoms with Crippen LogP contribution in [0.2, 0.25) is 0 Å². The van der Waals surface area contributed by atoms with Crippen molar-refractivity contribution in [1.82, 2.24) is 10.3 Å². The zero-order valence-corrected chi connectivity index (χ0v) is 16.9. The summed E-state index contributed by atoms with van der Waals surface area (Å²) in [6.07, 6.45) is 4.73. The summed E-state index contributed by atoms with van der Waals surface area (Å²) in [7, 11) is 0. The molecule has 0 bridgehead atoms. The monoisotopic (exact) mass is 380 g/mol. The molecule has 6 nitrogen and oxygen atoms in total. The Labute approximate surface area is 166 Å². The summed E-state index contributed by atoms with van der Waals surface area (Å²) < 4.78 is 0. The number of nitrogens with one attached hydrogen (secondary N) is 1. The zero-order valence-electron chi connectivity index (χ0n) is 16.9. The van der Waals surface area contributed by atoms with Crippen molar-refractivity contribution in [3.8, 4) is 0 Å². The number of nitrogens with zero attached hydrogens (tertiary/aromatic N) is 2. The molecule has 0 aliphatic heterocycles. The van der Waals surface area contributed by atoms with E-state index in [2.05, 4.69) is 10.3 Å². The summed E-state index contributed by atoms with van der Waals surface area (Å²) >= 11 is 0. The van der Waals surface area contributed by atoms with E-state index in [9.17, 15) is 9.59 Å². The molecule has 1 heterocycles. The molecule has 2 amide bonds. The lowest BCUT2D eigenvalue weighted by molar-refractivity contribution is -0.120. The van der Waals surface area contributed by atoms with E-state index in [-0.39, 0.29) is 11.8 Å². The molecule has 0 spiro atoms. The molecule has 0 saturated heterocycles. The highest BCUT2D eigenvalue weighted by atomic mass is 16.2. The Morgan fingerprint density at radius 2 is 1.82 bits per heavy atom. The maximum absolute atomic E-state index is 12.7. The molecule has 1 aromatic carbocycles. The third-order valence-electron chi connectivity index (χ3n) is 4.47. The second kappa shape index (κ2) is 9.78. The van der Waals surface area contributed by atoms with E-state index in [1.807, 2.05) is 45.9 Å². The smallest absolute Gasteiger partial charge is 0.252 e. The summed E-state index contributed by atoms with van der Waals surface area (Å²) in [5.74, 6) is -0.618. The van der Waals surface area contributed by atoms with Crippen LogP contribution < -0.4 is 11.1 Å². The molecule has 1 aromatic heterocycles. The van der Waals surface area contributed by atoms with Crippen LogP contribution in [-0.2, 0) is 11.2 Å². The first-order chi connectivity index (χ1) is 13.3. The number of benzene rings is 1. The Morgan fingerprint density at radius 3 is 2.39 bits per heavy atom. The molecular weight excluding hydrogens is 352 g/mol. The van der Waals surface area contributed by atoms with E-state index in [0.717, 1.165) is 28.9 Å². The Kier molecular flexibility index (Phi) is 7.44. The molecule has 0 saturated carbocycles. The zero-order chi connectivity index (χ0) is 20.7. The van der Waals surface area contributed by atoms with Crippen molar-refractivity contribution in [3.63, 3.8) is 0 Å². The lowest BCUT2D eigenvalue weighted by Crippen LogP contribution is -2.45. The van der Waals surface area contributed by atoms with Gasteiger partial charge < -0.3 is 11.1 Å². The highest BCUT2D eigenvalue weighted by molar-refractivity contribution is 6.01. The first-order valence-electron chi connectivity index (χ1n) is 9.50. The second-order valence-electron chi connectivity index (χ2n) is 7.19. The maximum atomic E-state index is 12.7. The molecule has 0 fully saturated rings. The second-order valence-corrected chi connectivity index (χ2v) is 7.19. The van der Waals surface area contributed by atoms with Crippen LogP contribution in [0.4, 0.5) is 5.69 Å². The topological polar surface area (TPSA) is 97.4 Å². The number of hydrogen-bond acceptors (Lipinski definition) is 4. The van der Waals surface area contributed by atoms with Gasteiger partial charge in [-0.3, -0.25) is 19.6 Å². The lowest BCUT2D eigenvalue weighted by Gasteiger charge is -2.18. The molecule has 1 unspecified atom stereocenters. The maximum Gasteiger partial charge on any atom is 0.252 e. The number of nitrogens with two attached hydrogens (primary N) is 1. The van der Waals surface area contributed by atoms with Gasteiger partial charge in [-0.05, 0) is 61.1 Å². The molecule has 1 atom stereocenters. The van der Waals surface area contributed by atoms with Gasteiger partial charge in [0.05, 0.1) is 5.69 Å². The summed E-state index contributed by atoms with van der Waals surface area (Å²) in [5.41, 5.74) is 9.48. The molecule has 0 aliphatic carbocycles. The van der Waals surface area contributed by atoms with Gasteiger partial charge in [-0.15, -0.1) is 0 Å². The Balaban J connectivity index is 2.31. The van der Waals surface area contributed by atoms with Crippen molar-refractivity contribution in [3.05, 3.63) is 59.4 Å². The number of hydrogen-bond donors (Lipinski definition) is 2. The van der Waals surface area contributed by atoms with Crippen LogP contribution in [0.15, 0.2) is 47.7 Å². The largest absolute Gasteiger partial charge is 0.368 e. The predicted octanol–water partition coefficient (Wildman–Crippen LogP) is 3.41. The Hall–Kier alpha value is -3.02. The van der Waals surface area contributed by atoms with Crippen molar-refractivity contribution >= 4 is 23.2 Å². The molecular formula is C22H28N4O2. The number of amides is 2. The van der Waals surface area contributed by atoms with E-state index >= 15 is 0 Å². The van der Waals surface area contributed by atoms with Crippen molar-refractivity contribution in [2.75, 3.05) is 0 Å². The number of pyridine rings is 1. The molecule has 148 valence electrons. The van der Waals surface area contributed by atoms with Gasteiger partial charge >= 0.3 is 0 Å². The van der Waals surface area contributed by atoms with Gasteiger partial charge in [-0.1, -0.05) is 26.8 Å². The van der Waals surface area contributed by atoms with E-state index in [4.69, 9.17) is 10.7 Å². The van der Waals surface area contributed by atoms with Crippen molar-refractivity contribution in [1.29, 1.82) is 0 Å². The van der Waals surface area contributed by atoms with Crippen LogP contribution in [0.3, 0.4) is 0 Å². The SMILES string of the molecule is CCc1ccc(C(=O)NC(CC(C)C)C(N)=O)cc1N=C(C)c1ccncc1. The van der Waals surface area contributed by atoms with Crippen molar-refractivity contribution < 1.29 is 9.59 Å². The van der Waals surface area contributed by atoms with Crippen LogP contribution in [-0.4, -0.2) is 28.6 Å². The minimum atomic E-state index is -0.691. The first-order valence-corrected chi connectivity index (χ1v) is 9.50. The van der Waals surface area contributed by atoms with E-state index in [0.29, 0.717) is 12.0 Å². The number of aryl methyl sites for hydroxylation is 1. The van der Waals surface area contributed by atoms with Crippen LogP contribution in [0, 0.1) is 5.92 Å². The fraction of sp³-hybridized carbons (Fsp3) is 0.364. The third-order valence-corrected chi connectivity index (χ3v) is 4.47. The highest BCUT2D eigenvalue weighted by Crippen LogP contribution is 2.23. The van der Waals surface area contributed by atoms with Crippen LogP contribution in [0.1, 0.15) is 55.6 Å². The molecule has 2 aromatic rings. The standard InChI is InChI=1S/C22H28N4O2/c1-5-16-6-7-18(22(28)26-20(21(23)27)12-14(2)3)13-19(16)25-15(4)17-8-10-24-11-9-17/h6-11,13-14,20H,5,12H2,1-4H3,(H2,23,27)(H,26,28). The number of carbonyl (C=O) groups is 2. The van der Waals surface area contributed by atoms with Crippen molar-refractivity contribution in [2.24, 2.45) is 16.6 Å². The quantitative estimate of drug-likeness (QED) is 0.687. The number of rotatable bonds is 8. The molecule has 6 heteroatoms. The molecule has 2 rings (SSSR count). The fourth-order valence-electron chi connectivity index (χ4n) is 2.91. The van der Waals surface area contributed by atoms with Gasteiger partial charge in [0.15, 0.2) is 0 Å². The average molecular weight is 380 g/mol. The predicted molar refractivity (Wildman–Crippen MR) is 112 cm³/mol. The first kappa shape index (κ1) is 21.3. The number of aromatic nitrogens is 1. The summed E-state index contributed by atoms with van der Waals surface area (Å²) in [4.78, 5) is 33.1. The van der Waals surface area contributed by atoms with Gasteiger partial charge in [0.2, 0.25) is 5.91 Å². The average Bonchev–Trinajstić information content (AvgIpc) is 2.67. The molecule has 0 radical (unpaired) electrons. The number of carbonyl (C=O) groups excluding carboxylic acids is 2. The molecule has 28 heavy (non-hydrogen) atoms. The van der Waals surface area contributed by atoms with E-state index < -0.39 is 11.9 Å². The van der Waals surface area contributed by atoms with E-state index in [1.165, 1.54) is 0 Å². The van der Waals surface area contributed by atoms with Gasteiger partial charge in [0.1, 0.15) is 6.04 Å². The normalized spacial score (nSPS) is 12.7. The minimum Gasteiger partial charge on any atom is -0.368 e. The van der Waals surface area contributed by atoms with Crippen LogP contribution >= 0.6 is 0 Å². The fourth-order valence-corrected chi connectivity index (χ4v) is 2.91. The van der Waals surface area contributed by atoms with Gasteiger partial charge in [0, 0.05) is 23.7 Å². The summed E-state index contributed by atoms with van der Waals surface area (Å²) in [6, 6.07) is 8.50. The number of aliphatic imine (C=N–C) groups is 1.